The van der Waals surface area contributed by atoms with Gasteiger partial charge in [0.2, 0.25) is 11.8 Å². The number of halogens is 1. The molecule has 1 saturated heterocycles. The molecule has 1 aliphatic heterocycles. The van der Waals surface area contributed by atoms with E-state index < -0.39 is 0 Å². The highest BCUT2D eigenvalue weighted by atomic mass is 35.5. The van der Waals surface area contributed by atoms with Gasteiger partial charge in [0.25, 0.3) is 0 Å². The Morgan fingerprint density at radius 3 is 2.41 bits per heavy atom. The third-order valence-corrected chi connectivity index (χ3v) is 7.07. The van der Waals surface area contributed by atoms with E-state index in [1.54, 1.807) is 4.90 Å². The first kappa shape index (κ1) is 26.1. The van der Waals surface area contributed by atoms with Crippen LogP contribution in [0.5, 0.6) is 5.75 Å². The van der Waals surface area contributed by atoms with Crippen molar-refractivity contribution in [1.82, 2.24) is 9.80 Å². The van der Waals surface area contributed by atoms with E-state index in [0.717, 1.165) is 29.7 Å². The summed E-state index contributed by atoms with van der Waals surface area (Å²) >= 11 is 6.17. The van der Waals surface area contributed by atoms with Crippen LogP contribution in [0.1, 0.15) is 50.7 Å². The van der Waals surface area contributed by atoms with Gasteiger partial charge in [-0.15, -0.1) is 0 Å². The van der Waals surface area contributed by atoms with E-state index in [1.807, 2.05) is 67.4 Å². The zero-order valence-corrected chi connectivity index (χ0v) is 21.6. The fraction of sp³-hybridized carbons (Fsp3) is 0.500. The Morgan fingerprint density at radius 2 is 1.79 bits per heavy atom. The Balaban J connectivity index is 1.70. The number of piperidine rings is 1. The Kier molecular flexibility index (Phi) is 9.01. The molecule has 0 unspecified atom stereocenters. The highest BCUT2D eigenvalue weighted by molar-refractivity contribution is 6.31. The van der Waals surface area contributed by atoms with Crippen molar-refractivity contribution in [3.05, 3.63) is 64.7 Å². The SMILES string of the molecule is Cc1cc(OCC2(CC(=O)N(C)Cc3ccccc3)CCN(C(=O)CC(C)C)CC2)ccc1Cl. The van der Waals surface area contributed by atoms with Crippen molar-refractivity contribution in [2.75, 3.05) is 26.7 Å². The highest BCUT2D eigenvalue weighted by Gasteiger charge is 2.39. The van der Waals surface area contributed by atoms with E-state index >= 15 is 0 Å². The maximum absolute atomic E-state index is 13.3. The van der Waals surface area contributed by atoms with Crippen LogP contribution in [0.15, 0.2) is 48.5 Å². The van der Waals surface area contributed by atoms with Crippen LogP contribution < -0.4 is 4.74 Å². The number of likely N-dealkylation sites (tertiary alicyclic amines) is 1. The fourth-order valence-corrected chi connectivity index (χ4v) is 4.54. The predicted octanol–water partition coefficient (Wildman–Crippen LogP) is 5.73. The molecule has 6 heteroatoms. The third kappa shape index (κ3) is 7.23. The largest absolute Gasteiger partial charge is 0.493 e. The van der Waals surface area contributed by atoms with Gasteiger partial charge in [-0.25, -0.2) is 0 Å². The lowest BCUT2D eigenvalue weighted by Gasteiger charge is -2.42. The van der Waals surface area contributed by atoms with Crippen LogP contribution in [0, 0.1) is 18.3 Å². The summed E-state index contributed by atoms with van der Waals surface area (Å²) in [5.41, 5.74) is 1.75. The molecular formula is C28H37ClN2O3. The van der Waals surface area contributed by atoms with Crippen molar-refractivity contribution < 1.29 is 14.3 Å². The predicted molar refractivity (Wildman–Crippen MR) is 137 cm³/mol. The third-order valence-electron chi connectivity index (χ3n) is 6.65. The van der Waals surface area contributed by atoms with E-state index in [9.17, 15) is 9.59 Å². The first-order valence-electron chi connectivity index (χ1n) is 12.1. The summed E-state index contributed by atoms with van der Waals surface area (Å²) in [5, 5.41) is 0.705. The molecule has 0 aliphatic carbocycles. The summed E-state index contributed by atoms with van der Waals surface area (Å²) in [7, 11) is 1.85. The standard InChI is InChI=1S/C28H37ClN2O3/c1-21(2)16-26(32)31-14-12-28(13-15-31,20-34-24-10-11-25(29)22(3)17-24)18-27(33)30(4)19-23-8-6-5-7-9-23/h5-11,17,21H,12-16,18-20H2,1-4H3. The molecule has 0 spiro atoms. The number of rotatable bonds is 9. The lowest BCUT2D eigenvalue weighted by atomic mass is 9.75. The van der Waals surface area contributed by atoms with Crippen molar-refractivity contribution >= 4 is 23.4 Å². The molecule has 1 heterocycles. The number of benzene rings is 2. The maximum atomic E-state index is 13.3. The summed E-state index contributed by atoms with van der Waals surface area (Å²) in [5.74, 6) is 1.39. The summed E-state index contributed by atoms with van der Waals surface area (Å²) in [6.07, 6.45) is 2.45. The lowest BCUT2D eigenvalue weighted by Crippen LogP contribution is -2.47. The number of nitrogens with zero attached hydrogens (tertiary/aromatic N) is 2. The van der Waals surface area contributed by atoms with Crippen LogP contribution >= 0.6 is 11.6 Å². The quantitative estimate of drug-likeness (QED) is 0.456. The number of hydrogen-bond donors (Lipinski definition) is 0. The van der Waals surface area contributed by atoms with E-state index in [2.05, 4.69) is 13.8 Å². The van der Waals surface area contributed by atoms with Crippen LogP contribution in [0.4, 0.5) is 0 Å². The lowest BCUT2D eigenvalue weighted by molar-refractivity contribution is -0.138. The molecule has 0 saturated carbocycles. The van der Waals surface area contributed by atoms with Gasteiger partial charge in [0.15, 0.2) is 0 Å². The smallest absolute Gasteiger partial charge is 0.223 e. The molecule has 34 heavy (non-hydrogen) atoms. The molecular weight excluding hydrogens is 448 g/mol. The Hall–Kier alpha value is -2.53. The average molecular weight is 485 g/mol. The molecule has 0 atom stereocenters. The van der Waals surface area contributed by atoms with E-state index in [1.165, 1.54) is 0 Å². The minimum absolute atomic E-state index is 0.0988. The molecule has 5 nitrogen and oxygen atoms in total. The molecule has 0 N–H and O–H groups in total. The van der Waals surface area contributed by atoms with Crippen LogP contribution in [0.2, 0.25) is 5.02 Å². The number of aryl methyl sites for hydroxylation is 1. The van der Waals surface area contributed by atoms with Crippen LogP contribution in [0.25, 0.3) is 0 Å². The molecule has 2 aromatic carbocycles. The monoisotopic (exact) mass is 484 g/mol. The second-order valence-electron chi connectivity index (χ2n) is 10.1. The summed E-state index contributed by atoms with van der Waals surface area (Å²) in [6, 6.07) is 15.7. The average Bonchev–Trinajstić information content (AvgIpc) is 2.80. The minimum atomic E-state index is -0.315. The molecule has 0 bridgehead atoms. The first-order chi connectivity index (χ1) is 16.2. The zero-order valence-electron chi connectivity index (χ0n) is 20.9. The Morgan fingerprint density at radius 1 is 1.12 bits per heavy atom. The van der Waals surface area contributed by atoms with Crippen molar-refractivity contribution in [3.63, 3.8) is 0 Å². The van der Waals surface area contributed by atoms with Crippen LogP contribution in [-0.4, -0.2) is 48.4 Å². The Labute approximate surface area is 209 Å². The first-order valence-corrected chi connectivity index (χ1v) is 12.5. The summed E-state index contributed by atoms with van der Waals surface area (Å²) < 4.78 is 6.21. The molecule has 1 fully saturated rings. The van der Waals surface area contributed by atoms with Gasteiger partial charge in [0, 0.05) is 50.0 Å². The highest BCUT2D eigenvalue weighted by Crippen LogP contribution is 2.37. The van der Waals surface area contributed by atoms with Gasteiger partial charge in [-0.2, -0.15) is 0 Å². The van der Waals surface area contributed by atoms with Crippen LogP contribution in [-0.2, 0) is 16.1 Å². The van der Waals surface area contributed by atoms with Crippen molar-refractivity contribution in [1.29, 1.82) is 0 Å². The van der Waals surface area contributed by atoms with Gasteiger partial charge >= 0.3 is 0 Å². The molecule has 1 aliphatic rings. The van der Waals surface area contributed by atoms with E-state index in [4.69, 9.17) is 16.3 Å². The minimum Gasteiger partial charge on any atom is -0.493 e. The van der Waals surface area contributed by atoms with Crippen molar-refractivity contribution in [3.8, 4) is 5.75 Å². The molecule has 3 rings (SSSR count). The van der Waals surface area contributed by atoms with E-state index in [-0.39, 0.29) is 17.2 Å². The topological polar surface area (TPSA) is 49.9 Å². The summed E-state index contributed by atoms with van der Waals surface area (Å²) in [6.45, 7) is 8.40. The molecule has 2 amide bonds. The second-order valence-corrected chi connectivity index (χ2v) is 10.5. The normalized spacial score (nSPS) is 15.3. The van der Waals surface area contributed by atoms with Gasteiger partial charge in [0.1, 0.15) is 5.75 Å². The van der Waals surface area contributed by atoms with Gasteiger partial charge in [-0.3, -0.25) is 9.59 Å². The fourth-order valence-electron chi connectivity index (χ4n) is 4.43. The molecule has 2 aromatic rings. The number of amides is 2. The molecule has 0 aromatic heterocycles. The summed E-state index contributed by atoms with van der Waals surface area (Å²) in [4.78, 5) is 29.6. The van der Waals surface area contributed by atoms with Gasteiger partial charge in [-0.1, -0.05) is 55.8 Å². The maximum Gasteiger partial charge on any atom is 0.223 e. The van der Waals surface area contributed by atoms with Crippen molar-refractivity contribution in [2.24, 2.45) is 11.3 Å². The second kappa shape index (κ2) is 11.7. The number of ether oxygens (including phenoxy) is 1. The Bertz CT molecular complexity index is 969. The zero-order chi connectivity index (χ0) is 24.7. The number of carbonyl (C=O) groups is 2. The van der Waals surface area contributed by atoms with Gasteiger partial charge < -0.3 is 14.5 Å². The number of carbonyl (C=O) groups excluding carboxylic acids is 2. The van der Waals surface area contributed by atoms with Crippen molar-refractivity contribution in [2.45, 2.75) is 53.0 Å². The van der Waals surface area contributed by atoms with Gasteiger partial charge in [0.05, 0.1) is 6.61 Å². The molecule has 0 radical (unpaired) electrons. The number of hydrogen-bond acceptors (Lipinski definition) is 3. The van der Waals surface area contributed by atoms with Gasteiger partial charge in [-0.05, 0) is 55.0 Å². The van der Waals surface area contributed by atoms with E-state index in [0.29, 0.717) is 50.0 Å². The molecule has 184 valence electrons. The van der Waals surface area contributed by atoms with Crippen LogP contribution in [0.3, 0.4) is 0 Å².